The number of hydrogen-bond acceptors (Lipinski definition) is 2. The third kappa shape index (κ3) is 3.57. The summed E-state index contributed by atoms with van der Waals surface area (Å²) in [5.41, 5.74) is 3.47. The van der Waals surface area contributed by atoms with Crippen LogP contribution in [0.15, 0.2) is 54.6 Å². The molecule has 4 heteroatoms. The Labute approximate surface area is 141 Å². The molecule has 0 spiro atoms. The van der Waals surface area contributed by atoms with Gasteiger partial charge in [0, 0.05) is 10.9 Å². The minimum Gasteiger partial charge on any atom is -0.347 e. The predicted octanol–water partition coefficient (Wildman–Crippen LogP) is 4.93. The summed E-state index contributed by atoms with van der Waals surface area (Å²) in [4.78, 5) is 0. The first-order chi connectivity index (χ1) is 10.2. The van der Waals surface area contributed by atoms with Crippen molar-refractivity contribution in [2.24, 2.45) is 0 Å². The zero-order valence-corrected chi connectivity index (χ0v) is 14.6. The van der Waals surface area contributed by atoms with E-state index < -0.39 is 0 Å². The van der Waals surface area contributed by atoms with Gasteiger partial charge in [-0.2, -0.15) is 0 Å². The summed E-state index contributed by atoms with van der Waals surface area (Å²) in [7, 11) is 0. The minimum atomic E-state index is -0.278. The van der Waals surface area contributed by atoms with Crippen LogP contribution in [0.25, 0.3) is 11.1 Å². The van der Waals surface area contributed by atoms with Crippen molar-refractivity contribution in [3.63, 3.8) is 0 Å². The Morgan fingerprint density at radius 2 is 1.48 bits per heavy atom. The van der Waals surface area contributed by atoms with Crippen LogP contribution in [0.1, 0.15) is 11.9 Å². The van der Waals surface area contributed by atoms with Crippen molar-refractivity contribution in [1.29, 1.82) is 0 Å². The maximum atomic E-state index is 5.82. The van der Waals surface area contributed by atoms with Gasteiger partial charge >= 0.3 is 0 Å². The van der Waals surface area contributed by atoms with Gasteiger partial charge in [0.15, 0.2) is 6.29 Å². The standard InChI is InChI=1S/C17H16Br2O2/c18-10-17(19)11-20-16(21-12-17)15-8-6-14(7-9-15)13-4-2-1-3-5-13/h1-9,16H,10-12H2. The lowest BCUT2D eigenvalue weighted by molar-refractivity contribution is -0.192. The fraction of sp³-hybridized carbons (Fsp3) is 0.294. The number of ether oxygens (including phenoxy) is 2. The third-order valence-electron chi connectivity index (χ3n) is 3.52. The van der Waals surface area contributed by atoms with Crippen molar-refractivity contribution in [3.05, 3.63) is 60.2 Å². The van der Waals surface area contributed by atoms with Crippen molar-refractivity contribution in [2.75, 3.05) is 18.5 Å². The van der Waals surface area contributed by atoms with E-state index in [2.05, 4.69) is 68.3 Å². The molecule has 0 N–H and O–H groups in total. The quantitative estimate of drug-likeness (QED) is 0.666. The van der Waals surface area contributed by atoms with Gasteiger partial charge in [0.1, 0.15) is 0 Å². The highest BCUT2D eigenvalue weighted by molar-refractivity contribution is 9.12. The normalized spacial score (nSPS) is 25.7. The molecule has 1 aliphatic rings. The minimum absolute atomic E-state index is 0.118. The number of hydrogen-bond donors (Lipinski definition) is 0. The molecule has 21 heavy (non-hydrogen) atoms. The van der Waals surface area contributed by atoms with Crippen molar-refractivity contribution in [2.45, 2.75) is 10.6 Å². The zero-order chi connectivity index (χ0) is 14.7. The summed E-state index contributed by atoms with van der Waals surface area (Å²) in [5, 5.41) is 0.805. The Morgan fingerprint density at radius 1 is 0.905 bits per heavy atom. The summed E-state index contributed by atoms with van der Waals surface area (Å²) < 4.78 is 11.5. The second kappa shape index (κ2) is 6.61. The average Bonchev–Trinajstić information content (AvgIpc) is 2.57. The van der Waals surface area contributed by atoms with E-state index in [9.17, 15) is 0 Å². The molecule has 0 bridgehead atoms. The molecule has 1 aliphatic heterocycles. The summed E-state index contributed by atoms with van der Waals surface area (Å²) in [6, 6.07) is 18.7. The number of benzene rings is 2. The van der Waals surface area contributed by atoms with E-state index in [1.165, 1.54) is 11.1 Å². The van der Waals surface area contributed by atoms with Crippen LogP contribution < -0.4 is 0 Å². The summed E-state index contributed by atoms with van der Waals surface area (Å²) in [6.45, 7) is 1.26. The molecule has 2 aromatic rings. The lowest BCUT2D eigenvalue weighted by Crippen LogP contribution is -2.41. The third-order valence-corrected chi connectivity index (χ3v) is 6.08. The van der Waals surface area contributed by atoms with Gasteiger partial charge in [0.05, 0.1) is 17.5 Å². The highest BCUT2D eigenvalue weighted by atomic mass is 79.9. The first-order valence-corrected chi connectivity index (χ1v) is 8.75. The Bertz CT molecular complexity index is 575. The summed E-state index contributed by atoms with van der Waals surface area (Å²) >= 11 is 7.11. The van der Waals surface area contributed by atoms with E-state index in [1.807, 2.05) is 18.2 Å². The van der Waals surface area contributed by atoms with Crippen LogP contribution >= 0.6 is 31.9 Å². The van der Waals surface area contributed by atoms with Gasteiger partial charge in [-0.05, 0) is 11.1 Å². The van der Waals surface area contributed by atoms with E-state index in [-0.39, 0.29) is 10.6 Å². The molecule has 0 aliphatic carbocycles. The Balaban J connectivity index is 1.71. The topological polar surface area (TPSA) is 18.5 Å². The molecule has 0 unspecified atom stereocenters. The van der Waals surface area contributed by atoms with Crippen molar-refractivity contribution in [1.82, 2.24) is 0 Å². The molecular formula is C17H16Br2O2. The van der Waals surface area contributed by atoms with Crippen molar-refractivity contribution < 1.29 is 9.47 Å². The molecule has 0 radical (unpaired) electrons. The van der Waals surface area contributed by atoms with Crippen molar-refractivity contribution in [3.8, 4) is 11.1 Å². The van der Waals surface area contributed by atoms with Crippen LogP contribution in [-0.2, 0) is 9.47 Å². The molecule has 1 saturated heterocycles. The lowest BCUT2D eigenvalue weighted by atomic mass is 10.0. The lowest BCUT2D eigenvalue weighted by Gasteiger charge is -2.34. The highest BCUT2D eigenvalue weighted by Crippen LogP contribution is 2.33. The summed E-state index contributed by atoms with van der Waals surface area (Å²) in [5.74, 6) is 0. The van der Waals surface area contributed by atoms with Crippen LogP contribution in [0.2, 0.25) is 0 Å². The maximum Gasteiger partial charge on any atom is 0.183 e. The van der Waals surface area contributed by atoms with Gasteiger partial charge in [-0.15, -0.1) is 0 Å². The molecular weight excluding hydrogens is 396 g/mol. The van der Waals surface area contributed by atoms with Gasteiger partial charge in [-0.3, -0.25) is 0 Å². The maximum absolute atomic E-state index is 5.82. The molecule has 2 nitrogen and oxygen atoms in total. The molecule has 1 heterocycles. The molecule has 0 aromatic heterocycles. The van der Waals surface area contributed by atoms with Crippen LogP contribution in [0.3, 0.4) is 0 Å². The molecule has 0 saturated carbocycles. The second-order valence-electron chi connectivity index (χ2n) is 5.23. The van der Waals surface area contributed by atoms with E-state index in [4.69, 9.17) is 9.47 Å². The van der Waals surface area contributed by atoms with Gasteiger partial charge in [-0.25, -0.2) is 0 Å². The summed E-state index contributed by atoms with van der Waals surface area (Å²) in [6.07, 6.45) is -0.278. The first-order valence-electron chi connectivity index (χ1n) is 6.84. The largest absolute Gasteiger partial charge is 0.347 e. The van der Waals surface area contributed by atoms with Crippen LogP contribution in [0.4, 0.5) is 0 Å². The second-order valence-corrected chi connectivity index (χ2v) is 7.47. The number of rotatable bonds is 3. The van der Waals surface area contributed by atoms with E-state index in [1.54, 1.807) is 0 Å². The van der Waals surface area contributed by atoms with Crippen LogP contribution in [0, 0.1) is 0 Å². The molecule has 0 amide bonds. The van der Waals surface area contributed by atoms with E-state index in [0.29, 0.717) is 13.2 Å². The van der Waals surface area contributed by atoms with E-state index in [0.717, 1.165) is 10.9 Å². The first kappa shape index (κ1) is 15.2. The zero-order valence-electron chi connectivity index (χ0n) is 11.5. The van der Waals surface area contributed by atoms with Crippen molar-refractivity contribution >= 4 is 31.9 Å². The van der Waals surface area contributed by atoms with Gasteiger partial charge in [0.2, 0.25) is 0 Å². The average molecular weight is 412 g/mol. The van der Waals surface area contributed by atoms with Gasteiger partial charge < -0.3 is 9.47 Å². The van der Waals surface area contributed by atoms with Crippen LogP contribution in [-0.4, -0.2) is 22.9 Å². The Morgan fingerprint density at radius 3 is 2.05 bits per heavy atom. The monoisotopic (exact) mass is 410 g/mol. The van der Waals surface area contributed by atoms with Crippen LogP contribution in [0.5, 0.6) is 0 Å². The highest BCUT2D eigenvalue weighted by Gasteiger charge is 2.34. The SMILES string of the molecule is BrCC1(Br)COC(c2ccc(-c3ccccc3)cc2)OC1. The number of alkyl halides is 2. The molecule has 3 rings (SSSR count). The van der Waals surface area contributed by atoms with E-state index >= 15 is 0 Å². The van der Waals surface area contributed by atoms with Gasteiger partial charge in [-0.1, -0.05) is 86.5 Å². The molecule has 0 atom stereocenters. The molecule has 110 valence electrons. The Hall–Kier alpha value is -0.680. The van der Waals surface area contributed by atoms with Gasteiger partial charge in [0.25, 0.3) is 0 Å². The fourth-order valence-corrected chi connectivity index (χ4v) is 2.86. The molecule has 1 fully saturated rings. The fourth-order valence-electron chi connectivity index (χ4n) is 2.27. The smallest absolute Gasteiger partial charge is 0.183 e. The molecule has 2 aromatic carbocycles. The predicted molar refractivity (Wildman–Crippen MR) is 92.0 cm³/mol. The Kier molecular flexibility index (Phi) is 4.79. The number of halogens is 2.